The fourth-order valence-corrected chi connectivity index (χ4v) is 3.37. The van der Waals surface area contributed by atoms with Crippen molar-refractivity contribution in [2.75, 3.05) is 51.7 Å². The first-order valence-electron chi connectivity index (χ1n) is 10.4. The molecule has 3 rings (SSSR count). The second-order valence-corrected chi connectivity index (χ2v) is 7.64. The molecule has 1 aliphatic heterocycles. The topological polar surface area (TPSA) is 84.9 Å². The highest BCUT2D eigenvalue weighted by Crippen LogP contribution is 2.14. The zero-order valence-electron chi connectivity index (χ0n) is 17.4. The van der Waals surface area contributed by atoms with Crippen LogP contribution in [0.15, 0.2) is 48.5 Å². The number of benzene rings is 2. The van der Waals surface area contributed by atoms with Crippen molar-refractivity contribution < 1.29 is 14.7 Å². The molecular formula is C23H30N4O3. The van der Waals surface area contributed by atoms with Gasteiger partial charge in [0, 0.05) is 62.7 Å². The standard InChI is InChI=1S/C23H30N4O3/c1-26-11-13-27(14-12-26)17-18-4-2-5-20(16-18)23(30)25-21-8-6-19(7-9-21)22(29)24-10-3-15-28/h2,4-9,16,28H,3,10-15,17H2,1H3,(H,24,29)(H,25,30). The van der Waals surface area contributed by atoms with E-state index in [4.69, 9.17) is 5.11 Å². The Balaban J connectivity index is 1.56. The first-order valence-corrected chi connectivity index (χ1v) is 10.4. The molecule has 0 radical (unpaired) electrons. The molecule has 1 aliphatic rings. The van der Waals surface area contributed by atoms with Crippen LogP contribution < -0.4 is 10.6 Å². The predicted octanol–water partition coefficient (Wildman–Crippen LogP) is 1.80. The molecule has 2 aromatic carbocycles. The van der Waals surface area contributed by atoms with Gasteiger partial charge < -0.3 is 20.6 Å². The Labute approximate surface area is 177 Å². The van der Waals surface area contributed by atoms with Gasteiger partial charge in [-0.1, -0.05) is 12.1 Å². The maximum Gasteiger partial charge on any atom is 0.255 e. The zero-order valence-corrected chi connectivity index (χ0v) is 17.4. The van der Waals surface area contributed by atoms with E-state index < -0.39 is 0 Å². The number of nitrogens with zero attached hydrogens (tertiary/aromatic N) is 2. The van der Waals surface area contributed by atoms with E-state index in [1.807, 2.05) is 18.2 Å². The van der Waals surface area contributed by atoms with Gasteiger partial charge in [0.1, 0.15) is 0 Å². The van der Waals surface area contributed by atoms with Gasteiger partial charge in [-0.2, -0.15) is 0 Å². The number of hydrogen-bond donors (Lipinski definition) is 3. The number of nitrogens with one attached hydrogen (secondary N) is 2. The Bertz CT molecular complexity index is 846. The van der Waals surface area contributed by atoms with Crippen LogP contribution in [-0.2, 0) is 6.54 Å². The van der Waals surface area contributed by atoms with Crippen molar-refractivity contribution in [3.63, 3.8) is 0 Å². The molecule has 0 saturated carbocycles. The lowest BCUT2D eigenvalue weighted by atomic mass is 10.1. The molecule has 1 saturated heterocycles. The van der Waals surface area contributed by atoms with Gasteiger partial charge in [0.2, 0.25) is 0 Å². The quantitative estimate of drug-likeness (QED) is 0.578. The number of aliphatic hydroxyl groups is 1. The van der Waals surface area contributed by atoms with E-state index >= 15 is 0 Å². The zero-order chi connectivity index (χ0) is 21.3. The lowest BCUT2D eigenvalue weighted by molar-refractivity contribution is 0.0950. The number of hydrogen-bond acceptors (Lipinski definition) is 5. The van der Waals surface area contributed by atoms with Crippen LogP contribution in [0.2, 0.25) is 0 Å². The van der Waals surface area contributed by atoms with Gasteiger partial charge in [-0.15, -0.1) is 0 Å². The maximum atomic E-state index is 12.7. The van der Waals surface area contributed by atoms with Gasteiger partial charge in [0.05, 0.1) is 0 Å². The molecule has 0 aliphatic carbocycles. The van der Waals surface area contributed by atoms with Crippen molar-refractivity contribution in [1.29, 1.82) is 0 Å². The summed E-state index contributed by atoms with van der Waals surface area (Å²) in [6.45, 7) is 5.51. The molecule has 0 aromatic heterocycles. The van der Waals surface area contributed by atoms with Gasteiger partial charge in [0.25, 0.3) is 11.8 Å². The van der Waals surface area contributed by atoms with Crippen molar-refractivity contribution in [1.82, 2.24) is 15.1 Å². The highest BCUT2D eigenvalue weighted by atomic mass is 16.3. The third kappa shape index (κ3) is 6.38. The van der Waals surface area contributed by atoms with Crippen LogP contribution in [-0.4, -0.2) is 73.1 Å². The molecule has 1 fully saturated rings. The molecule has 3 N–H and O–H groups in total. The lowest BCUT2D eigenvalue weighted by Gasteiger charge is -2.32. The maximum absolute atomic E-state index is 12.7. The van der Waals surface area contributed by atoms with Gasteiger partial charge in [0.15, 0.2) is 0 Å². The summed E-state index contributed by atoms with van der Waals surface area (Å²) in [4.78, 5) is 29.4. The molecule has 0 unspecified atom stereocenters. The molecule has 0 spiro atoms. The number of piperazine rings is 1. The van der Waals surface area contributed by atoms with E-state index in [0.717, 1.165) is 38.3 Å². The molecule has 7 nitrogen and oxygen atoms in total. The average Bonchev–Trinajstić information content (AvgIpc) is 2.76. The van der Waals surface area contributed by atoms with Crippen molar-refractivity contribution in [3.8, 4) is 0 Å². The molecule has 0 atom stereocenters. The summed E-state index contributed by atoms with van der Waals surface area (Å²) in [5.74, 6) is -0.367. The highest BCUT2D eigenvalue weighted by molar-refractivity contribution is 6.04. The first-order chi connectivity index (χ1) is 14.5. The van der Waals surface area contributed by atoms with E-state index in [1.54, 1.807) is 24.3 Å². The van der Waals surface area contributed by atoms with Gasteiger partial charge >= 0.3 is 0 Å². The largest absolute Gasteiger partial charge is 0.396 e. The van der Waals surface area contributed by atoms with Gasteiger partial charge in [-0.05, 0) is 55.4 Å². The van der Waals surface area contributed by atoms with Crippen LogP contribution in [0.1, 0.15) is 32.7 Å². The number of rotatable bonds is 8. The fourth-order valence-electron chi connectivity index (χ4n) is 3.37. The molecule has 1 heterocycles. The predicted molar refractivity (Wildman–Crippen MR) is 118 cm³/mol. The fraction of sp³-hybridized carbons (Fsp3) is 0.391. The SMILES string of the molecule is CN1CCN(Cc2cccc(C(=O)Nc3ccc(C(=O)NCCCO)cc3)c2)CC1. The van der Waals surface area contributed by atoms with Crippen LogP contribution in [0.5, 0.6) is 0 Å². The summed E-state index contributed by atoms with van der Waals surface area (Å²) in [7, 11) is 2.14. The van der Waals surface area contributed by atoms with E-state index in [0.29, 0.717) is 29.8 Å². The summed E-state index contributed by atoms with van der Waals surface area (Å²) in [5, 5.41) is 14.4. The van der Waals surface area contributed by atoms with Crippen LogP contribution in [0.4, 0.5) is 5.69 Å². The monoisotopic (exact) mass is 410 g/mol. The minimum Gasteiger partial charge on any atom is -0.396 e. The van der Waals surface area contributed by atoms with E-state index in [1.165, 1.54) is 0 Å². The molecule has 2 aromatic rings. The number of anilines is 1. The normalized spacial score (nSPS) is 15.0. The second-order valence-electron chi connectivity index (χ2n) is 7.64. The van der Waals surface area contributed by atoms with Gasteiger partial charge in [-0.25, -0.2) is 0 Å². The minimum absolute atomic E-state index is 0.0435. The number of amides is 2. The van der Waals surface area contributed by atoms with Crippen LogP contribution in [0, 0.1) is 0 Å². The molecule has 0 bridgehead atoms. The number of likely N-dealkylation sites (N-methyl/N-ethyl adjacent to an activating group) is 1. The highest BCUT2D eigenvalue weighted by Gasteiger charge is 2.15. The smallest absolute Gasteiger partial charge is 0.255 e. The molecule has 30 heavy (non-hydrogen) atoms. The summed E-state index contributed by atoms with van der Waals surface area (Å²) in [6, 6.07) is 14.5. The van der Waals surface area contributed by atoms with Crippen molar-refractivity contribution in [2.45, 2.75) is 13.0 Å². The minimum atomic E-state index is -0.196. The average molecular weight is 411 g/mol. The summed E-state index contributed by atoms with van der Waals surface area (Å²) >= 11 is 0. The Hall–Kier alpha value is -2.74. The van der Waals surface area contributed by atoms with Gasteiger partial charge in [-0.3, -0.25) is 14.5 Å². The van der Waals surface area contributed by atoms with E-state index in [2.05, 4.69) is 33.5 Å². The van der Waals surface area contributed by atoms with Crippen molar-refractivity contribution in [2.24, 2.45) is 0 Å². The second kappa shape index (κ2) is 10.9. The Kier molecular flexibility index (Phi) is 7.96. The van der Waals surface area contributed by atoms with E-state index in [9.17, 15) is 9.59 Å². The number of carbonyl (C=O) groups excluding carboxylic acids is 2. The Morgan fingerprint density at radius 2 is 1.70 bits per heavy atom. The third-order valence-electron chi connectivity index (χ3n) is 5.22. The summed E-state index contributed by atoms with van der Waals surface area (Å²) in [6.07, 6.45) is 0.522. The van der Waals surface area contributed by atoms with Crippen LogP contribution >= 0.6 is 0 Å². The number of carbonyl (C=O) groups is 2. The van der Waals surface area contributed by atoms with Crippen molar-refractivity contribution in [3.05, 3.63) is 65.2 Å². The molecule has 2 amide bonds. The molecule has 160 valence electrons. The summed E-state index contributed by atoms with van der Waals surface area (Å²) in [5.41, 5.74) is 2.89. The van der Waals surface area contributed by atoms with Crippen LogP contribution in [0.3, 0.4) is 0 Å². The molecule has 7 heteroatoms. The van der Waals surface area contributed by atoms with Crippen molar-refractivity contribution >= 4 is 17.5 Å². The van der Waals surface area contributed by atoms with E-state index in [-0.39, 0.29) is 18.4 Å². The lowest BCUT2D eigenvalue weighted by Crippen LogP contribution is -2.43. The molecular weight excluding hydrogens is 380 g/mol. The van der Waals surface area contributed by atoms with Crippen LogP contribution in [0.25, 0.3) is 0 Å². The summed E-state index contributed by atoms with van der Waals surface area (Å²) < 4.78 is 0. The third-order valence-corrected chi connectivity index (χ3v) is 5.22. The Morgan fingerprint density at radius 3 is 2.40 bits per heavy atom. The first kappa shape index (κ1) is 22.0. The Morgan fingerprint density at radius 1 is 0.967 bits per heavy atom. The number of aliphatic hydroxyl groups excluding tert-OH is 1.